The Morgan fingerprint density at radius 1 is 1.40 bits per heavy atom. The molecule has 84 valence electrons. The summed E-state index contributed by atoms with van der Waals surface area (Å²) < 4.78 is 10.0. The van der Waals surface area contributed by atoms with Gasteiger partial charge in [0.2, 0.25) is 0 Å². The van der Waals surface area contributed by atoms with Crippen molar-refractivity contribution in [3.63, 3.8) is 0 Å². The van der Waals surface area contributed by atoms with Gasteiger partial charge in [-0.2, -0.15) is 0 Å². The van der Waals surface area contributed by atoms with Crippen molar-refractivity contribution >= 4 is 11.6 Å². The average molecular weight is 234 g/mol. The molecule has 0 saturated carbocycles. The largest absolute Gasteiger partial charge is 0.507 e. The quantitative estimate of drug-likeness (QED) is 0.689. The molecule has 15 heavy (non-hydrogen) atoms. The summed E-state index contributed by atoms with van der Waals surface area (Å²) in [5.41, 5.74) is 2.26. The van der Waals surface area contributed by atoms with Crippen LogP contribution in [-0.4, -0.2) is 24.5 Å². The summed E-state index contributed by atoms with van der Waals surface area (Å²) in [7, 11) is 2.88. The number of ether oxygens (including phenoxy) is 2. The fourth-order valence-corrected chi connectivity index (χ4v) is 1.56. The molecule has 0 atom stereocenters. The Hall–Kier alpha value is -1.17. The number of rotatable bonds is 4. The Balaban J connectivity index is 3.31. The van der Waals surface area contributed by atoms with Crippen molar-refractivity contribution < 1.29 is 19.8 Å². The molecule has 0 unspecified atom stereocenters. The topological polar surface area (TPSA) is 71.0 Å². The number of nitrogens with one attached hydrogen (secondary N) is 1. The van der Waals surface area contributed by atoms with E-state index in [4.69, 9.17) is 26.3 Å². The van der Waals surface area contributed by atoms with E-state index in [0.29, 0.717) is 17.1 Å². The van der Waals surface area contributed by atoms with E-state index in [0.717, 1.165) is 0 Å². The predicted octanol–water partition coefficient (Wildman–Crippen LogP) is 1.54. The van der Waals surface area contributed by atoms with Crippen LogP contribution in [0, 0.1) is 0 Å². The van der Waals surface area contributed by atoms with Gasteiger partial charge in [-0.25, -0.2) is 5.48 Å². The summed E-state index contributed by atoms with van der Waals surface area (Å²) in [6.45, 7) is 0.0189. The van der Waals surface area contributed by atoms with Crippen molar-refractivity contribution in [1.29, 1.82) is 0 Å². The van der Waals surface area contributed by atoms with Crippen LogP contribution in [0.5, 0.6) is 17.2 Å². The van der Waals surface area contributed by atoms with Crippen LogP contribution >= 0.6 is 11.6 Å². The number of benzene rings is 1. The molecule has 0 saturated heterocycles. The second-order valence-electron chi connectivity index (χ2n) is 2.76. The molecular formula is C9H12ClNO4. The molecule has 0 heterocycles. The van der Waals surface area contributed by atoms with E-state index in [9.17, 15) is 5.11 Å². The highest BCUT2D eigenvalue weighted by Gasteiger charge is 2.17. The summed E-state index contributed by atoms with van der Waals surface area (Å²) in [6, 6.07) is 1.37. The number of aromatic hydroxyl groups is 1. The monoisotopic (exact) mass is 233 g/mol. The molecule has 1 aromatic rings. The standard InChI is InChI=1S/C9H12ClNO4/c1-14-7-3-6(12)5(4-11-13)8(10)9(7)15-2/h3,11-13H,4H2,1-2H3. The molecule has 1 rings (SSSR count). The van der Waals surface area contributed by atoms with Crippen LogP contribution < -0.4 is 15.0 Å². The normalized spacial score (nSPS) is 10.1. The number of hydroxylamine groups is 1. The molecule has 0 radical (unpaired) electrons. The summed E-state index contributed by atoms with van der Waals surface area (Å²) in [5, 5.41) is 18.4. The van der Waals surface area contributed by atoms with Gasteiger partial charge in [0.25, 0.3) is 0 Å². The van der Waals surface area contributed by atoms with Crippen LogP contribution in [0.3, 0.4) is 0 Å². The summed E-state index contributed by atoms with van der Waals surface area (Å²) in [6.07, 6.45) is 0. The fraction of sp³-hybridized carbons (Fsp3) is 0.333. The van der Waals surface area contributed by atoms with Gasteiger partial charge in [-0.15, -0.1) is 0 Å². The van der Waals surface area contributed by atoms with Gasteiger partial charge in [-0.3, -0.25) is 0 Å². The second-order valence-corrected chi connectivity index (χ2v) is 3.14. The number of phenolic OH excluding ortho intramolecular Hbond substituents is 1. The summed E-state index contributed by atoms with van der Waals surface area (Å²) in [5.74, 6) is 0.586. The molecule has 0 amide bonds. The third kappa shape index (κ3) is 2.26. The van der Waals surface area contributed by atoms with Crippen LogP contribution in [0.15, 0.2) is 6.07 Å². The Morgan fingerprint density at radius 3 is 2.53 bits per heavy atom. The van der Waals surface area contributed by atoms with E-state index in [2.05, 4.69) is 0 Å². The first-order chi connectivity index (χ1) is 7.15. The minimum Gasteiger partial charge on any atom is -0.507 e. The molecule has 0 bridgehead atoms. The second kappa shape index (κ2) is 5.06. The third-order valence-electron chi connectivity index (χ3n) is 1.94. The third-order valence-corrected chi connectivity index (χ3v) is 2.34. The van der Waals surface area contributed by atoms with E-state index >= 15 is 0 Å². The van der Waals surface area contributed by atoms with Crippen LogP contribution in [0.1, 0.15) is 5.56 Å². The van der Waals surface area contributed by atoms with Crippen LogP contribution in [0.4, 0.5) is 0 Å². The maximum Gasteiger partial charge on any atom is 0.179 e. The van der Waals surface area contributed by atoms with Crippen molar-refractivity contribution in [2.24, 2.45) is 0 Å². The van der Waals surface area contributed by atoms with Crippen molar-refractivity contribution in [2.75, 3.05) is 14.2 Å². The number of hydrogen-bond acceptors (Lipinski definition) is 5. The molecule has 0 aliphatic carbocycles. The van der Waals surface area contributed by atoms with Gasteiger partial charge < -0.3 is 19.8 Å². The lowest BCUT2D eigenvalue weighted by molar-refractivity contribution is 0.160. The van der Waals surface area contributed by atoms with E-state index in [1.807, 2.05) is 5.48 Å². The van der Waals surface area contributed by atoms with E-state index in [1.54, 1.807) is 0 Å². The molecule has 3 N–H and O–H groups in total. The van der Waals surface area contributed by atoms with Crippen molar-refractivity contribution in [1.82, 2.24) is 5.48 Å². The summed E-state index contributed by atoms with van der Waals surface area (Å²) >= 11 is 5.96. The lowest BCUT2D eigenvalue weighted by atomic mass is 10.1. The van der Waals surface area contributed by atoms with Gasteiger partial charge in [0.05, 0.1) is 25.8 Å². The molecule has 6 heteroatoms. The Labute approximate surface area is 92.1 Å². The first kappa shape index (κ1) is 11.9. The lowest BCUT2D eigenvalue weighted by Gasteiger charge is -2.13. The van der Waals surface area contributed by atoms with Crippen molar-refractivity contribution in [3.05, 3.63) is 16.7 Å². The van der Waals surface area contributed by atoms with Gasteiger partial charge in [-0.1, -0.05) is 11.6 Å². The minimum atomic E-state index is -0.0702. The lowest BCUT2D eigenvalue weighted by Crippen LogP contribution is -2.07. The highest BCUT2D eigenvalue weighted by molar-refractivity contribution is 6.33. The van der Waals surface area contributed by atoms with Gasteiger partial charge in [0, 0.05) is 11.6 Å². The minimum absolute atomic E-state index is 0.0189. The maximum absolute atomic E-state index is 9.58. The molecule has 0 aliphatic rings. The Kier molecular flexibility index (Phi) is 4.02. The molecule has 0 fully saturated rings. The predicted molar refractivity (Wildman–Crippen MR) is 54.8 cm³/mol. The zero-order valence-electron chi connectivity index (χ0n) is 8.37. The fourth-order valence-electron chi connectivity index (χ4n) is 1.22. The molecule has 0 aliphatic heterocycles. The zero-order chi connectivity index (χ0) is 11.4. The summed E-state index contributed by atoms with van der Waals surface area (Å²) in [4.78, 5) is 0. The maximum atomic E-state index is 9.58. The number of methoxy groups -OCH3 is 2. The van der Waals surface area contributed by atoms with E-state index in [1.165, 1.54) is 20.3 Å². The number of phenols is 1. The van der Waals surface area contributed by atoms with Gasteiger partial charge in [-0.05, 0) is 0 Å². The molecule has 0 aromatic heterocycles. The molecule has 5 nitrogen and oxygen atoms in total. The molecule has 0 spiro atoms. The average Bonchev–Trinajstić information content (AvgIpc) is 2.23. The zero-order valence-corrected chi connectivity index (χ0v) is 9.13. The number of hydrogen-bond donors (Lipinski definition) is 3. The first-order valence-electron chi connectivity index (χ1n) is 4.15. The van der Waals surface area contributed by atoms with Crippen LogP contribution in [-0.2, 0) is 6.54 Å². The Morgan fingerprint density at radius 2 is 2.07 bits per heavy atom. The SMILES string of the molecule is COc1cc(O)c(CNO)c(Cl)c1OC. The van der Waals surface area contributed by atoms with Gasteiger partial charge in [0.15, 0.2) is 11.5 Å². The van der Waals surface area contributed by atoms with Crippen molar-refractivity contribution in [2.45, 2.75) is 6.54 Å². The van der Waals surface area contributed by atoms with Gasteiger partial charge in [0.1, 0.15) is 5.75 Å². The highest BCUT2D eigenvalue weighted by atomic mass is 35.5. The van der Waals surface area contributed by atoms with Crippen LogP contribution in [0.2, 0.25) is 5.02 Å². The number of halogens is 1. The van der Waals surface area contributed by atoms with Gasteiger partial charge >= 0.3 is 0 Å². The van der Waals surface area contributed by atoms with Crippen molar-refractivity contribution in [3.8, 4) is 17.2 Å². The first-order valence-corrected chi connectivity index (χ1v) is 4.52. The highest BCUT2D eigenvalue weighted by Crippen LogP contribution is 2.42. The molecular weight excluding hydrogens is 222 g/mol. The smallest absolute Gasteiger partial charge is 0.179 e. The van der Waals surface area contributed by atoms with E-state index < -0.39 is 0 Å². The Bertz CT molecular complexity index is 356. The van der Waals surface area contributed by atoms with E-state index in [-0.39, 0.29) is 17.3 Å². The molecule has 1 aromatic carbocycles. The van der Waals surface area contributed by atoms with Crippen LogP contribution in [0.25, 0.3) is 0 Å².